The summed E-state index contributed by atoms with van der Waals surface area (Å²) in [6.07, 6.45) is 18.4. The van der Waals surface area contributed by atoms with Crippen LogP contribution in [0.4, 0.5) is 8.78 Å². The molecular formula is C82H117F2N5O9. The lowest BCUT2D eigenvalue weighted by molar-refractivity contribution is -0.121. The molecule has 2 N–H and O–H groups in total. The van der Waals surface area contributed by atoms with Crippen molar-refractivity contribution < 1.29 is 52.5 Å². The van der Waals surface area contributed by atoms with Crippen molar-refractivity contribution in [3.05, 3.63) is 169 Å². The fraction of sp³-hybridized carbons (Fsp3) is 0.561. The van der Waals surface area contributed by atoms with Crippen molar-refractivity contribution in [1.82, 2.24) is 24.5 Å². The largest absolute Gasteiger partial charge is 0.486 e. The third kappa shape index (κ3) is 26.5. The molecule has 16 heteroatoms. The first-order valence-corrected chi connectivity index (χ1v) is 36.3. The highest BCUT2D eigenvalue weighted by Crippen LogP contribution is 2.27. The standard InChI is InChI=1S/C17H21NO3.2C17H25NO2.2C14H18FNO.C2H6.CH4/c19-15-11-14-10-13(4-5-17(14)21-12-15)16(20)6-9-18-7-2-1-3-8-18;2*1-12(10-18-8-4-5-9-18)17(20)16-7-6-15(11-19)13(2)14(16)3;2*15-13-6-4-12(5-7-13)14(17)8-11-16-9-2-1-3-10-16;1-2;/h4-5,10H,1-3,6-9,11-12H2;2*6-7,12,19H,4-5,8-11H2,1-3H3;2*4-7H,1-3,8-11H2;1-2H3;1H4. The molecule has 2 atom stereocenters. The quantitative estimate of drug-likeness (QED) is 0.0628. The predicted molar refractivity (Wildman–Crippen MR) is 391 cm³/mol. The average Bonchev–Trinajstić information content (AvgIpc) is 1.60. The topological polar surface area (TPSA) is 168 Å². The summed E-state index contributed by atoms with van der Waals surface area (Å²) >= 11 is 0. The predicted octanol–water partition coefficient (Wildman–Crippen LogP) is 15.1. The Labute approximate surface area is 585 Å². The molecule has 6 aliphatic heterocycles. The molecule has 5 aromatic carbocycles. The third-order valence-electron chi connectivity index (χ3n) is 19.8. The monoisotopic (exact) mass is 1350 g/mol. The fourth-order valence-corrected chi connectivity index (χ4v) is 13.5. The number of benzene rings is 5. The number of hydrogen-bond donors (Lipinski definition) is 2. The highest BCUT2D eigenvalue weighted by molar-refractivity contribution is 6.00. The normalized spacial score (nSPS) is 17.1. The van der Waals surface area contributed by atoms with E-state index in [2.05, 4.69) is 24.5 Å². The minimum atomic E-state index is -0.294. The molecule has 0 bridgehead atoms. The molecule has 538 valence electrons. The van der Waals surface area contributed by atoms with Gasteiger partial charge in [-0.25, -0.2) is 8.78 Å². The van der Waals surface area contributed by atoms with Gasteiger partial charge in [0.15, 0.2) is 34.7 Å². The second-order valence-electron chi connectivity index (χ2n) is 27.0. The number of Topliss-reactive ketones (excluding diaryl/α,β-unsaturated/α-hetero) is 6. The van der Waals surface area contributed by atoms with E-state index in [4.69, 9.17) is 4.74 Å². The number of carbonyl (C=O) groups excluding carboxylic acids is 6. The van der Waals surface area contributed by atoms with E-state index >= 15 is 0 Å². The number of nitrogens with zero attached hydrogens (tertiary/aromatic N) is 5. The van der Waals surface area contributed by atoms with E-state index in [0.29, 0.717) is 42.4 Å². The number of piperidine rings is 3. The van der Waals surface area contributed by atoms with Crippen molar-refractivity contribution in [3.8, 4) is 5.75 Å². The smallest absolute Gasteiger partial charge is 0.174 e. The van der Waals surface area contributed by atoms with Crippen molar-refractivity contribution in [2.24, 2.45) is 11.8 Å². The molecule has 0 amide bonds. The van der Waals surface area contributed by atoms with Gasteiger partial charge in [0.05, 0.1) is 13.2 Å². The highest BCUT2D eigenvalue weighted by atomic mass is 19.1. The first-order chi connectivity index (χ1) is 46.8. The fourth-order valence-electron chi connectivity index (χ4n) is 13.5. The maximum absolute atomic E-state index is 12.7. The summed E-state index contributed by atoms with van der Waals surface area (Å²) in [7, 11) is 0. The lowest BCUT2D eigenvalue weighted by Gasteiger charge is -2.26. The van der Waals surface area contributed by atoms with Gasteiger partial charge in [-0.2, -0.15) is 0 Å². The molecule has 11 rings (SSSR count). The molecule has 5 fully saturated rings. The number of ketones is 6. The van der Waals surface area contributed by atoms with E-state index in [0.717, 1.165) is 154 Å². The molecule has 5 aromatic rings. The zero-order valence-electron chi connectivity index (χ0n) is 59.8. The van der Waals surface area contributed by atoms with Crippen LogP contribution in [0.2, 0.25) is 0 Å². The Bertz CT molecular complexity index is 3100. The molecule has 5 saturated heterocycles. The molecule has 2 unspecified atom stereocenters. The van der Waals surface area contributed by atoms with Gasteiger partial charge >= 0.3 is 0 Å². The summed E-state index contributed by atoms with van der Waals surface area (Å²) in [4.78, 5) is 84.5. The Hall–Kier alpha value is -6.50. The molecule has 6 heterocycles. The van der Waals surface area contributed by atoms with Crippen LogP contribution in [0.3, 0.4) is 0 Å². The van der Waals surface area contributed by atoms with Crippen LogP contribution in [-0.2, 0) is 24.4 Å². The summed E-state index contributed by atoms with van der Waals surface area (Å²) in [6.45, 7) is 31.5. The molecule has 0 saturated carbocycles. The van der Waals surface area contributed by atoms with E-state index in [-0.39, 0.29) is 85.4 Å². The Kier molecular flexibility index (Phi) is 36.8. The molecule has 0 radical (unpaired) electrons. The lowest BCUT2D eigenvalue weighted by Crippen LogP contribution is -2.31. The molecule has 0 aliphatic carbocycles. The van der Waals surface area contributed by atoms with E-state index in [1.165, 1.54) is 108 Å². The van der Waals surface area contributed by atoms with Gasteiger partial charge in [0.1, 0.15) is 24.0 Å². The van der Waals surface area contributed by atoms with Crippen LogP contribution in [0.1, 0.15) is 229 Å². The Morgan fingerprint density at radius 3 is 1.10 bits per heavy atom. The summed E-state index contributed by atoms with van der Waals surface area (Å²) < 4.78 is 30.8. The molecule has 98 heavy (non-hydrogen) atoms. The Morgan fingerprint density at radius 2 is 0.755 bits per heavy atom. The number of ether oxygens (including phenoxy) is 1. The summed E-state index contributed by atoms with van der Waals surface area (Å²) in [5, 5.41) is 18.6. The number of halogens is 2. The number of rotatable bonds is 22. The van der Waals surface area contributed by atoms with Gasteiger partial charge in [-0.1, -0.05) is 78.6 Å². The van der Waals surface area contributed by atoms with Gasteiger partial charge in [-0.05, 0) is 257 Å². The molecule has 0 aromatic heterocycles. The Morgan fingerprint density at radius 1 is 0.439 bits per heavy atom. The second kappa shape index (κ2) is 43.9. The van der Waals surface area contributed by atoms with E-state index in [9.17, 15) is 47.8 Å². The molecule has 0 spiro atoms. The molecule has 6 aliphatic rings. The number of aliphatic hydroxyl groups is 2. The zero-order valence-corrected chi connectivity index (χ0v) is 59.8. The summed E-state index contributed by atoms with van der Waals surface area (Å²) in [5.74, 6) is 1.10. The van der Waals surface area contributed by atoms with Gasteiger partial charge in [0.25, 0.3) is 0 Å². The number of hydrogen-bond acceptors (Lipinski definition) is 14. The zero-order chi connectivity index (χ0) is 70.2. The van der Waals surface area contributed by atoms with E-state index < -0.39 is 0 Å². The van der Waals surface area contributed by atoms with Gasteiger partial charge < -0.3 is 39.4 Å². The first kappa shape index (κ1) is 82.2. The van der Waals surface area contributed by atoms with Gasteiger partial charge in [0, 0.05) is 104 Å². The van der Waals surface area contributed by atoms with Gasteiger partial charge in [-0.3, -0.25) is 28.8 Å². The van der Waals surface area contributed by atoms with Crippen LogP contribution < -0.4 is 4.74 Å². The Balaban J connectivity index is 0.000000220. The summed E-state index contributed by atoms with van der Waals surface area (Å²) in [5.41, 5.74) is 10.3. The van der Waals surface area contributed by atoms with Gasteiger partial charge in [-0.15, -0.1) is 0 Å². The maximum Gasteiger partial charge on any atom is 0.174 e. The van der Waals surface area contributed by atoms with Gasteiger partial charge in [0.2, 0.25) is 0 Å². The van der Waals surface area contributed by atoms with Crippen molar-refractivity contribution in [1.29, 1.82) is 0 Å². The van der Waals surface area contributed by atoms with Crippen LogP contribution in [0, 0.1) is 51.2 Å². The first-order valence-electron chi connectivity index (χ1n) is 36.3. The van der Waals surface area contributed by atoms with Crippen molar-refractivity contribution in [2.45, 2.75) is 185 Å². The number of carbonyl (C=O) groups is 6. The lowest BCUT2D eigenvalue weighted by atomic mass is 9.91. The minimum absolute atomic E-state index is 0. The number of fused-ring (bicyclic) bond motifs is 1. The van der Waals surface area contributed by atoms with Crippen LogP contribution in [0.25, 0.3) is 0 Å². The minimum Gasteiger partial charge on any atom is -0.486 e. The number of aliphatic hydroxyl groups excluding tert-OH is 2. The van der Waals surface area contributed by atoms with Crippen LogP contribution >= 0.6 is 0 Å². The second-order valence-corrected chi connectivity index (χ2v) is 27.0. The third-order valence-corrected chi connectivity index (χ3v) is 19.8. The molecule has 14 nitrogen and oxygen atoms in total. The molecular weight excluding hydrogens is 1240 g/mol. The number of likely N-dealkylation sites (tertiary alicyclic amines) is 5. The van der Waals surface area contributed by atoms with Crippen molar-refractivity contribution in [3.63, 3.8) is 0 Å². The van der Waals surface area contributed by atoms with Crippen LogP contribution in [0.5, 0.6) is 5.75 Å². The van der Waals surface area contributed by atoms with Crippen molar-refractivity contribution >= 4 is 34.7 Å². The highest BCUT2D eigenvalue weighted by Gasteiger charge is 2.26. The SMILES string of the molecule is C.CC.Cc1c(CO)ccc(C(=O)C(C)CN2CCCC2)c1C.Cc1c(CO)ccc(C(=O)C(C)CN2CCCC2)c1C.O=C(CCN1CCCCC1)c1ccc(F)cc1.O=C(CCN1CCCCC1)c1ccc(F)cc1.O=C1COc2ccc(C(=O)CCN3CCCCC3)cc2C1. The van der Waals surface area contributed by atoms with E-state index in [1.54, 1.807) is 24.3 Å². The van der Waals surface area contributed by atoms with Crippen LogP contribution in [-0.4, -0.2) is 174 Å². The van der Waals surface area contributed by atoms with E-state index in [1.807, 2.05) is 97.9 Å². The summed E-state index contributed by atoms with van der Waals surface area (Å²) in [6, 6.07) is 24.6. The van der Waals surface area contributed by atoms with Crippen molar-refractivity contribution in [2.75, 3.05) is 105 Å². The average molecular weight is 1350 g/mol. The maximum atomic E-state index is 12.7. The van der Waals surface area contributed by atoms with Crippen LogP contribution in [0.15, 0.2) is 91.0 Å².